The summed E-state index contributed by atoms with van der Waals surface area (Å²) >= 11 is 14.0. The first-order valence-electron chi connectivity index (χ1n) is 16.2. The van der Waals surface area contributed by atoms with Crippen LogP contribution in [0.5, 0.6) is 5.88 Å². The maximum Gasteiger partial charge on any atom is 0.223 e. The fourth-order valence-corrected chi connectivity index (χ4v) is 6.89. The largest absolute Gasteiger partial charge is 0.481 e. The summed E-state index contributed by atoms with van der Waals surface area (Å²) in [5, 5.41) is 16.7. The van der Waals surface area contributed by atoms with Crippen molar-refractivity contribution in [1.29, 1.82) is 0 Å². The predicted molar refractivity (Wildman–Crippen MR) is 187 cm³/mol. The summed E-state index contributed by atoms with van der Waals surface area (Å²) < 4.78 is 21.3. The number of ether oxygens (including phenoxy) is 1. The van der Waals surface area contributed by atoms with Gasteiger partial charge in [-0.1, -0.05) is 59.6 Å². The minimum Gasteiger partial charge on any atom is -0.481 e. The molecule has 2 aromatic heterocycles. The van der Waals surface area contributed by atoms with Gasteiger partial charge in [-0.3, -0.25) is 15.0 Å². The number of piperidine rings is 1. The van der Waals surface area contributed by atoms with Crippen molar-refractivity contribution in [3.05, 3.63) is 87.8 Å². The van der Waals surface area contributed by atoms with Crippen molar-refractivity contribution in [3.63, 3.8) is 0 Å². The molecule has 2 fully saturated rings. The Bertz CT molecular complexity index is 1770. The predicted octanol–water partition coefficient (Wildman–Crippen LogP) is 6.88. The zero-order valence-electron chi connectivity index (χ0n) is 26.8. The number of benzene rings is 2. The van der Waals surface area contributed by atoms with E-state index in [0.29, 0.717) is 81.7 Å². The molecule has 4 aromatic rings. The van der Waals surface area contributed by atoms with Crippen molar-refractivity contribution in [2.24, 2.45) is 5.92 Å². The third-order valence-corrected chi connectivity index (χ3v) is 9.88. The maximum absolute atomic E-state index is 15.7. The Morgan fingerprint density at radius 3 is 2.46 bits per heavy atom. The molecule has 0 saturated carbocycles. The van der Waals surface area contributed by atoms with E-state index in [4.69, 9.17) is 32.9 Å². The number of nitrogens with one attached hydrogen (secondary N) is 2. The number of anilines is 2. The van der Waals surface area contributed by atoms with Crippen molar-refractivity contribution < 1.29 is 19.0 Å². The van der Waals surface area contributed by atoms with Crippen molar-refractivity contribution in [3.8, 4) is 28.3 Å². The molecule has 0 aliphatic carbocycles. The summed E-state index contributed by atoms with van der Waals surface area (Å²) in [5.74, 6) is 0.612. The number of likely N-dealkylation sites (tertiary alicyclic amines) is 2. The molecule has 2 aliphatic heterocycles. The maximum atomic E-state index is 15.7. The number of hydrogen-bond donors (Lipinski definition) is 3. The molecular weight excluding hydrogens is 654 g/mol. The van der Waals surface area contributed by atoms with Gasteiger partial charge in [0.25, 0.3) is 0 Å². The van der Waals surface area contributed by atoms with E-state index in [0.717, 1.165) is 44.5 Å². The van der Waals surface area contributed by atoms with Crippen LogP contribution in [-0.4, -0.2) is 70.8 Å². The summed E-state index contributed by atoms with van der Waals surface area (Å²) in [4.78, 5) is 25.0. The van der Waals surface area contributed by atoms with Crippen LogP contribution in [-0.2, 0) is 17.9 Å². The Hall–Kier alpha value is -3.80. The molecule has 48 heavy (non-hydrogen) atoms. The highest BCUT2D eigenvalue weighted by Gasteiger charge is 2.22. The first-order valence-corrected chi connectivity index (χ1v) is 17.0. The normalized spacial score (nSPS) is 15.7. The molecule has 2 aliphatic rings. The highest BCUT2D eigenvalue weighted by molar-refractivity contribution is 6.39. The molecular formula is C36H39Cl2FN6O3. The topological polar surface area (TPSA) is 103 Å². The molecule has 0 spiro atoms. The van der Waals surface area contributed by atoms with Crippen LogP contribution in [0.3, 0.4) is 0 Å². The van der Waals surface area contributed by atoms with Crippen LogP contribution in [0.4, 0.5) is 15.9 Å². The first-order chi connectivity index (χ1) is 23.4. The number of rotatable bonds is 12. The van der Waals surface area contributed by atoms with Crippen LogP contribution in [0.15, 0.2) is 60.8 Å². The molecule has 3 N–H and O–H groups in total. The number of methoxy groups -OCH3 is 1. The summed E-state index contributed by atoms with van der Waals surface area (Å²) in [6, 6.07) is 16.6. The summed E-state index contributed by atoms with van der Waals surface area (Å²) in [7, 11) is 1.57. The smallest absolute Gasteiger partial charge is 0.223 e. The monoisotopic (exact) mass is 692 g/mol. The quantitative estimate of drug-likeness (QED) is 0.148. The van der Waals surface area contributed by atoms with Crippen LogP contribution >= 0.6 is 23.2 Å². The lowest BCUT2D eigenvalue weighted by atomic mass is 9.97. The third-order valence-electron chi connectivity index (χ3n) is 9.07. The molecule has 0 unspecified atom stereocenters. The SMILES string of the molecule is COc1nc(-c2cccc(-c3cccc(Nc4nccc(CN5CCC(CO)CC5)c4F)c3Cl)c2Cl)ccc1CNCN1CCCC1=O. The Labute approximate surface area is 290 Å². The van der Waals surface area contributed by atoms with Crippen molar-refractivity contribution >= 4 is 40.6 Å². The van der Waals surface area contributed by atoms with E-state index in [1.54, 1.807) is 25.4 Å². The van der Waals surface area contributed by atoms with Crippen molar-refractivity contribution in [1.82, 2.24) is 25.1 Å². The van der Waals surface area contributed by atoms with Crippen molar-refractivity contribution in [2.45, 2.75) is 38.8 Å². The van der Waals surface area contributed by atoms with Gasteiger partial charge in [0.15, 0.2) is 11.6 Å². The number of halogens is 3. The van der Waals surface area contributed by atoms with Crippen LogP contribution in [0.25, 0.3) is 22.4 Å². The Kier molecular flexibility index (Phi) is 11.1. The van der Waals surface area contributed by atoms with Gasteiger partial charge >= 0.3 is 0 Å². The van der Waals surface area contributed by atoms with Gasteiger partial charge in [0, 0.05) is 66.7 Å². The molecule has 1 amide bonds. The number of aliphatic hydroxyl groups excluding tert-OH is 1. The van der Waals surface area contributed by atoms with E-state index in [-0.39, 0.29) is 18.3 Å². The molecule has 4 heterocycles. The molecule has 9 nitrogen and oxygen atoms in total. The number of carbonyl (C=O) groups excluding carboxylic acids is 1. The number of amides is 1. The van der Waals surface area contributed by atoms with E-state index < -0.39 is 5.82 Å². The lowest BCUT2D eigenvalue weighted by Gasteiger charge is -2.31. The Morgan fingerprint density at radius 2 is 1.73 bits per heavy atom. The number of aromatic nitrogens is 2. The summed E-state index contributed by atoms with van der Waals surface area (Å²) in [6.07, 6.45) is 4.88. The number of carbonyl (C=O) groups is 1. The molecule has 6 rings (SSSR count). The van der Waals surface area contributed by atoms with E-state index in [1.807, 2.05) is 47.4 Å². The van der Waals surface area contributed by atoms with E-state index in [1.165, 1.54) is 0 Å². The van der Waals surface area contributed by atoms with Crippen LogP contribution in [0.1, 0.15) is 36.8 Å². The summed E-state index contributed by atoms with van der Waals surface area (Å²) in [6.45, 7) is 4.03. The fraction of sp³-hybridized carbons (Fsp3) is 0.361. The minimum absolute atomic E-state index is 0.0922. The zero-order valence-corrected chi connectivity index (χ0v) is 28.3. The zero-order chi connectivity index (χ0) is 33.6. The van der Waals surface area contributed by atoms with E-state index >= 15 is 4.39 Å². The van der Waals surface area contributed by atoms with Gasteiger partial charge in [0.05, 0.1) is 35.2 Å². The molecule has 2 saturated heterocycles. The van der Waals surface area contributed by atoms with Gasteiger partial charge in [-0.25, -0.2) is 14.4 Å². The minimum atomic E-state index is -0.425. The van der Waals surface area contributed by atoms with E-state index in [2.05, 4.69) is 20.5 Å². The van der Waals surface area contributed by atoms with Gasteiger partial charge < -0.3 is 20.1 Å². The standard InChI is InChI=1S/C36H39Cl2FN6O3/c1-48-36-24(19-40-22-45-16-4-9-31(45)47)10-11-29(43-36)28-7-2-5-26(32(28)37)27-6-3-8-30(33(27)38)42-35-34(39)25(12-15-41-35)20-44-17-13-23(21-46)14-18-44/h2-3,5-8,10-12,15,23,40,46H,4,9,13-14,16-22H2,1H3,(H,41,42). The average Bonchev–Trinajstić information content (AvgIpc) is 3.52. The molecule has 252 valence electrons. The lowest BCUT2D eigenvalue weighted by molar-refractivity contribution is -0.128. The second-order valence-electron chi connectivity index (χ2n) is 12.2. The second kappa shape index (κ2) is 15.6. The van der Waals surface area contributed by atoms with Crippen molar-refractivity contribution in [2.75, 3.05) is 45.3 Å². The third kappa shape index (κ3) is 7.58. The van der Waals surface area contributed by atoms with E-state index in [9.17, 15) is 9.90 Å². The number of hydrogen-bond acceptors (Lipinski definition) is 8. The Balaban J connectivity index is 1.20. The van der Waals surface area contributed by atoms with Gasteiger partial charge in [-0.2, -0.15) is 0 Å². The van der Waals surface area contributed by atoms with Gasteiger partial charge in [0.1, 0.15) is 0 Å². The van der Waals surface area contributed by atoms with Gasteiger partial charge in [0.2, 0.25) is 11.8 Å². The van der Waals surface area contributed by atoms with Crippen LogP contribution in [0.2, 0.25) is 10.0 Å². The molecule has 0 bridgehead atoms. The molecule has 0 atom stereocenters. The van der Waals surface area contributed by atoms with Gasteiger partial charge in [-0.15, -0.1) is 0 Å². The van der Waals surface area contributed by atoms with Crippen LogP contribution < -0.4 is 15.4 Å². The number of aliphatic hydroxyl groups is 1. The fourth-order valence-electron chi connectivity index (χ4n) is 6.29. The summed E-state index contributed by atoms with van der Waals surface area (Å²) in [5.41, 5.74) is 4.59. The highest BCUT2D eigenvalue weighted by Crippen LogP contribution is 2.42. The second-order valence-corrected chi connectivity index (χ2v) is 13.0. The highest BCUT2D eigenvalue weighted by atomic mass is 35.5. The number of nitrogens with zero attached hydrogens (tertiary/aromatic N) is 4. The first kappa shape index (κ1) is 34.1. The average molecular weight is 694 g/mol. The molecule has 2 aromatic carbocycles. The molecule has 0 radical (unpaired) electrons. The van der Waals surface area contributed by atoms with Gasteiger partial charge in [-0.05, 0) is 56.5 Å². The molecule has 12 heteroatoms. The Morgan fingerprint density at radius 1 is 0.979 bits per heavy atom. The van der Waals surface area contributed by atoms with Crippen LogP contribution in [0, 0.1) is 11.7 Å². The number of pyridine rings is 2. The lowest BCUT2D eigenvalue weighted by Crippen LogP contribution is -2.34.